The molecule has 1 aromatic heterocycles. The Hall–Kier alpha value is -2.75. The molecule has 2 heterocycles. The highest BCUT2D eigenvalue weighted by atomic mass is 32.2. The van der Waals surface area contributed by atoms with Crippen LogP contribution in [-0.2, 0) is 23.0 Å². The van der Waals surface area contributed by atoms with Gasteiger partial charge in [0, 0.05) is 17.8 Å². The van der Waals surface area contributed by atoms with Gasteiger partial charge in [0.25, 0.3) is 5.91 Å². The van der Waals surface area contributed by atoms with Gasteiger partial charge in [-0.15, -0.1) is 11.3 Å². The first kappa shape index (κ1) is 21.5. The van der Waals surface area contributed by atoms with E-state index < -0.39 is 10.0 Å². The Morgan fingerprint density at radius 1 is 1.19 bits per heavy atom. The Bertz CT molecular complexity index is 1200. The Kier molecular flexibility index (Phi) is 6.08. The minimum atomic E-state index is -3.58. The fourth-order valence-electron chi connectivity index (χ4n) is 3.39. The maximum atomic E-state index is 13.0. The number of para-hydroxylation sites is 1. The zero-order valence-corrected chi connectivity index (χ0v) is 18.9. The number of amides is 1. The molecule has 0 aliphatic carbocycles. The number of nitrogens with one attached hydrogen (secondary N) is 1. The van der Waals surface area contributed by atoms with Crippen molar-refractivity contribution in [3.8, 4) is 5.75 Å². The number of rotatable bonds is 6. The second kappa shape index (κ2) is 8.78. The predicted molar refractivity (Wildman–Crippen MR) is 120 cm³/mol. The summed E-state index contributed by atoms with van der Waals surface area (Å²) in [5, 5.41) is 3.28. The van der Waals surface area contributed by atoms with Gasteiger partial charge in [0.1, 0.15) is 5.75 Å². The van der Waals surface area contributed by atoms with Crippen LogP contribution in [0.1, 0.15) is 33.4 Å². The first-order chi connectivity index (χ1) is 14.9. The second-order valence-electron chi connectivity index (χ2n) is 7.17. The third-order valence-corrected chi connectivity index (χ3v) is 7.86. The predicted octanol–water partition coefficient (Wildman–Crippen LogP) is 3.85. The van der Waals surface area contributed by atoms with Gasteiger partial charge in [0.2, 0.25) is 10.0 Å². The first-order valence-corrected chi connectivity index (χ1v) is 12.2. The molecule has 31 heavy (non-hydrogen) atoms. The molecule has 0 atom stereocenters. The van der Waals surface area contributed by atoms with Crippen LogP contribution in [0.15, 0.2) is 53.4 Å². The number of fused-ring (bicyclic) bond motifs is 1. The normalized spacial score (nSPS) is 14.1. The van der Waals surface area contributed by atoms with E-state index in [-0.39, 0.29) is 17.3 Å². The number of carbonyl (C=O) groups is 1. The SMILES string of the molecule is CCOc1ccccc1C(=O)Nc1nc2c(s1)CN(S(=O)(=O)c1ccc(C)cc1)CC2. The number of anilines is 1. The summed E-state index contributed by atoms with van der Waals surface area (Å²) in [6, 6.07) is 13.9. The van der Waals surface area contributed by atoms with E-state index in [0.717, 1.165) is 16.1 Å². The zero-order chi connectivity index (χ0) is 22.0. The van der Waals surface area contributed by atoms with Crippen molar-refractivity contribution in [3.63, 3.8) is 0 Å². The average Bonchev–Trinajstić information content (AvgIpc) is 3.16. The van der Waals surface area contributed by atoms with E-state index in [0.29, 0.717) is 36.0 Å². The molecule has 1 N–H and O–H groups in total. The smallest absolute Gasteiger partial charge is 0.261 e. The van der Waals surface area contributed by atoms with E-state index >= 15 is 0 Å². The number of nitrogens with zero attached hydrogens (tertiary/aromatic N) is 2. The number of aryl methyl sites for hydroxylation is 1. The lowest BCUT2D eigenvalue weighted by Crippen LogP contribution is -2.35. The summed E-state index contributed by atoms with van der Waals surface area (Å²) in [6.07, 6.45) is 0.502. The molecule has 7 nitrogen and oxygen atoms in total. The monoisotopic (exact) mass is 457 g/mol. The largest absolute Gasteiger partial charge is 0.493 e. The van der Waals surface area contributed by atoms with Crippen molar-refractivity contribution in [2.24, 2.45) is 0 Å². The van der Waals surface area contributed by atoms with E-state index in [1.807, 2.05) is 19.9 Å². The summed E-state index contributed by atoms with van der Waals surface area (Å²) in [6.45, 7) is 4.84. The summed E-state index contributed by atoms with van der Waals surface area (Å²) in [7, 11) is -3.58. The van der Waals surface area contributed by atoms with E-state index in [4.69, 9.17) is 4.74 Å². The maximum Gasteiger partial charge on any atom is 0.261 e. The van der Waals surface area contributed by atoms with Crippen LogP contribution in [0.4, 0.5) is 5.13 Å². The Balaban J connectivity index is 1.51. The van der Waals surface area contributed by atoms with Crippen molar-refractivity contribution in [3.05, 3.63) is 70.2 Å². The lowest BCUT2D eigenvalue weighted by atomic mass is 10.2. The molecule has 2 aromatic carbocycles. The van der Waals surface area contributed by atoms with E-state index in [1.165, 1.54) is 15.6 Å². The van der Waals surface area contributed by atoms with Gasteiger partial charge in [-0.1, -0.05) is 29.8 Å². The topological polar surface area (TPSA) is 88.6 Å². The standard InChI is InChI=1S/C22H23N3O4S2/c1-3-29-19-7-5-4-6-17(19)21(26)24-22-23-18-12-13-25(14-20(18)30-22)31(27,28)16-10-8-15(2)9-11-16/h4-11H,3,12-14H2,1-2H3,(H,23,24,26). The van der Waals surface area contributed by atoms with Crippen molar-refractivity contribution >= 4 is 32.4 Å². The van der Waals surface area contributed by atoms with Gasteiger partial charge in [0.15, 0.2) is 5.13 Å². The fourth-order valence-corrected chi connectivity index (χ4v) is 5.90. The minimum absolute atomic E-state index is 0.245. The number of sulfonamides is 1. The third kappa shape index (κ3) is 4.48. The number of benzene rings is 2. The van der Waals surface area contributed by atoms with Crippen molar-refractivity contribution in [2.45, 2.75) is 31.7 Å². The van der Waals surface area contributed by atoms with Crippen LogP contribution >= 0.6 is 11.3 Å². The number of aromatic nitrogens is 1. The summed E-state index contributed by atoms with van der Waals surface area (Å²) < 4.78 is 33.0. The van der Waals surface area contributed by atoms with Gasteiger partial charge in [-0.25, -0.2) is 13.4 Å². The number of ether oxygens (including phenoxy) is 1. The fraction of sp³-hybridized carbons (Fsp3) is 0.273. The van der Waals surface area contributed by atoms with Crippen LogP contribution in [-0.4, -0.2) is 36.8 Å². The zero-order valence-electron chi connectivity index (χ0n) is 17.3. The molecule has 1 amide bonds. The van der Waals surface area contributed by atoms with Gasteiger partial charge < -0.3 is 4.74 Å². The van der Waals surface area contributed by atoms with Gasteiger partial charge in [-0.05, 0) is 38.1 Å². The van der Waals surface area contributed by atoms with Crippen molar-refractivity contribution < 1.29 is 17.9 Å². The van der Waals surface area contributed by atoms with Crippen LogP contribution in [0.25, 0.3) is 0 Å². The molecule has 0 bridgehead atoms. The Morgan fingerprint density at radius 3 is 2.68 bits per heavy atom. The highest BCUT2D eigenvalue weighted by Gasteiger charge is 2.30. The van der Waals surface area contributed by atoms with Gasteiger partial charge in [0.05, 0.1) is 29.3 Å². The number of carbonyl (C=O) groups excluding carboxylic acids is 1. The van der Waals surface area contributed by atoms with Crippen LogP contribution in [0, 0.1) is 6.92 Å². The van der Waals surface area contributed by atoms with Crippen LogP contribution in [0.3, 0.4) is 0 Å². The van der Waals surface area contributed by atoms with Crippen LogP contribution in [0.5, 0.6) is 5.75 Å². The summed E-state index contributed by atoms with van der Waals surface area (Å²) in [5.74, 6) is 0.207. The molecule has 4 rings (SSSR count). The average molecular weight is 458 g/mol. The Morgan fingerprint density at radius 2 is 1.94 bits per heavy atom. The highest BCUT2D eigenvalue weighted by Crippen LogP contribution is 2.32. The minimum Gasteiger partial charge on any atom is -0.493 e. The van der Waals surface area contributed by atoms with Gasteiger partial charge in [-0.3, -0.25) is 10.1 Å². The summed E-state index contributed by atoms with van der Waals surface area (Å²) in [4.78, 5) is 18.4. The van der Waals surface area contributed by atoms with Gasteiger partial charge in [-0.2, -0.15) is 4.31 Å². The van der Waals surface area contributed by atoms with E-state index in [9.17, 15) is 13.2 Å². The number of thiazole rings is 1. The first-order valence-electron chi connectivity index (χ1n) is 9.97. The van der Waals surface area contributed by atoms with Crippen LogP contribution in [0.2, 0.25) is 0 Å². The molecule has 162 valence electrons. The molecule has 9 heteroatoms. The molecular formula is C22H23N3O4S2. The molecule has 0 saturated carbocycles. The van der Waals surface area contributed by atoms with Crippen molar-refractivity contribution in [2.75, 3.05) is 18.5 Å². The van der Waals surface area contributed by atoms with Crippen molar-refractivity contribution in [1.29, 1.82) is 0 Å². The number of hydrogen-bond donors (Lipinski definition) is 1. The molecule has 1 aliphatic rings. The third-order valence-electron chi connectivity index (χ3n) is 5.01. The Labute approximate surface area is 185 Å². The second-order valence-corrected chi connectivity index (χ2v) is 10.2. The molecule has 0 fully saturated rings. The molecule has 0 radical (unpaired) electrons. The molecule has 3 aromatic rings. The van der Waals surface area contributed by atoms with Crippen LogP contribution < -0.4 is 10.1 Å². The molecule has 1 aliphatic heterocycles. The maximum absolute atomic E-state index is 13.0. The van der Waals surface area contributed by atoms with Crippen molar-refractivity contribution in [1.82, 2.24) is 9.29 Å². The molecule has 0 saturated heterocycles. The van der Waals surface area contributed by atoms with Gasteiger partial charge >= 0.3 is 0 Å². The lowest BCUT2D eigenvalue weighted by molar-refractivity contribution is 0.102. The quantitative estimate of drug-likeness (QED) is 0.607. The lowest BCUT2D eigenvalue weighted by Gasteiger charge is -2.25. The molecule has 0 spiro atoms. The molecular weight excluding hydrogens is 434 g/mol. The molecule has 0 unspecified atom stereocenters. The summed E-state index contributed by atoms with van der Waals surface area (Å²) in [5.41, 5.74) is 2.27. The summed E-state index contributed by atoms with van der Waals surface area (Å²) >= 11 is 1.31. The number of hydrogen-bond acceptors (Lipinski definition) is 6. The van der Waals surface area contributed by atoms with E-state index in [1.54, 1.807) is 42.5 Å². The highest BCUT2D eigenvalue weighted by molar-refractivity contribution is 7.89. The van der Waals surface area contributed by atoms with E-state index in [2.05, 4.69) is 10.3 Å².